The molecule has 0 saturated carbocycles. The number of halogens is 6. The van der Waals surface area contributed by atoms with Gasteiger partial charge in [0.15, 0.2) is 0 Å². The van der Waals surface area contributed by atoms with Crippen LogP contribution in [0.3, 0.4) is 0 Å². The molecule has 0 spiro atoms. The van der Waals surface area contributed by atoms with Crippen LogP contribution in [-0.4, -0.2) is 37.0 Å². The Bertz CT molecular complexity index is 845. The molecule has 168 valence electrons. The van der Waals surface area contributed by atoms with Crippen molar-refractivity contribution < 1.29 is 36.0 Å². The molecule has 0 bridgehead atoms. The molecular formula is C22H23F6N2O+. The molecule has 3 nitrogen and oxygen atoms in total. The summed E-state index contributed by atoms with van der Waals surface area (Å²) in [5.74, 6) is -1.43. The highest BCUT2D eigenvalue weighted by Gasteiger charge is 2.79. The molecule has 2 N–H and O–H groups in total. The first-order valence-electron chi connectivity index (χ1n) is 9.94. The third kappa shape index (κ3) is 4.87. The molecule has 1 fully saturated rings. The highest BCUT2D eigenvalue weighted by Crippen LogP contribution is 2.40. The van der Waals surface area contributed by atoms with E-state index in [0.29, 0.717) is 6.42 Å². The molecule has 0 aliphatic carbocycles. The molecule has 0 radical (unpaired) electrons. The highest BCUT2D eigenvalue weighted by atomic mass is 19.4. The monoisotopic (exact) mass is 445 g/mol. The zero-order valence-corrected chi connectivity index (χ0v) is 16.6. The van der Waals surface area contributed by atoms with E-state index in [9.17, 15) is 31.1 Å². The Labute approximate surface area is 176 Å². The van der Waals surface area contributed by atoms with Gasteiger partial charge in [-0.05, 0) is 42.9 Å². The summed E-state index contributed by atoms with van der Waals surface area (Å²) < 4.78 is 84.1. The number of hydrogen-bond donors (Lipinski definition) is 2. The number of nitrogens with one attached hydrogen (secondary N) is 2. The lowest BCUT2D eigenvalue weighted by atomic mass is 9.88. The second-order valence-electron chi connectivity index (χ2n) is 7.80. The fourth-order valence-electron chi connectivity index (χ4n) is 4.18. The summed E-state index contributed by atoms with van der Waals surface area (Å²) in [5, 5.41) is 1.33. The summed E-state index contributed by atoms with van der Waals surface area (Å²) in [4.78, 5) is 11.6. The van der Waals surface area contributed by atoms with Crippen LogP contribution in [0, 0.1) is 5.92 Å². The molecule has 31 heavy (non-hydrogen) atoms. The first-order valence-corrected chi connectivity index (χ1v) is 9.94. The van der Waals surface area contributed by atoms with Gasteiger partial charge in [-0.1, -0.05) is 48.5 Å². The maximum absolute atomic E-state index is 14.0. The van der Waals surface area contributed by atoms with Gasteiger partial charge in [-0.3, -0.25) is 15.0 Å². The van der Waals surface area contributed by atoms with Crippen LogP contribution in [0.2, 0.25) is 0 Å². The molecule has 0 aromatic heterocycles. The fourth-order valence-corrected chi connectivity index (χ4v) is 4.18. The molecule has 3 rings (SSSR count). The van der Waals surface area contributed by atoms with Gasteiger partial charge in [0.25, 0.3) is 5.91 Å². The van der Waals surface area contributed by atoms with E-state index in [4.69, 9.17) is 0 Å². The average molecular weight is 445 g/mol. The first kappa shape index (κ1) is 23.1. The number of benzene rings is 2. The Morgan fingerprint density at radius 1 is 0.839 bits per heavy atom. The van der Waals surface area contributed by atoms with Crippen LogP contribution >= 0.6 is 0 Å². The number of hydrogen-bond acceptors (Lipinski definition) is 1. The number of likely N-dealkylation sites (tertiary alicyclic amines) is 1. The van der Waals surface area contributed by atoms with E-state index in [-0.39, 0.29) is 37.4 Å². The first-order chi connectivity index (χ1) is 14.5. The van der Waals surface area contributed by atoms with Gasteiger partial charge in [0.1, 0.15) is 0 Å². The van der Waals surface area contributed by atoms with Gasteiger partial charge in [-0.25, -0.2) is 0 Å². The van der Waals surface area contributed by atoms with Crippen molar-refractivity contribution in [2.75, 3.05) is 13.1 Å². The Balaban J connectivity index is 1.84. The third-order valence-corrected chi connectivity index (χ3v) is 5.79. The van der Waals surface area contributed by atoms with E-state index >= 15 is 0 Å². The topological polar surface area (TPSA) is 33.5 Å². The minimum atomic E-state index is -5.72. The Hall–Kier alpha value is -2.55. The fraction of sp³-hybridized carbons (Fsp3) is 0.409. The molecule has 0 atom stereocenters. The van der Waals surface area contributed by atoms with E-state index in [2.05, 4.69) is 0 Å². The number of amides is 1. The Morgan fingerprint density at radius 3 is 1.81 bits per heavy atom. The largest absolute Gasteiger partial charge is 0.475 e. The van der Waals surface area contributed by atoms with Crippen molar-refractivity contribution in [3.63, 3.8) is 0 Å². The number of quaternary nitrogens is 1. The SMILES string of the molecule is O=C(NC([NH+]1CCC(Cc2ccccc2)CC1)(C(F)(F)F)C(F)(F)F)c1ccccc1. The molecule has 1 aliphatic rings. The van der Waals surface area contributed by atoms with Crippen LogP contribution in [-0.2, 0) is 6.42 Å². The minimum Gasteiger partial charge on any atom is -0.297 e. The van der Waals surface area contributed by atoms with Gasteiger partial charge >= 0.3 is 18.0 Å². The molecule has 2 aromatic carbocycles. The normalized spacial score (nSPS) is 20.3. The second-order valence-corrected chi connectivity index (χ2v) is 7.80. The summed E-state index contributed by atoms with van der Waals surface area (Å²) in [6, 6.07) is 15.9. The van der Waals surface area contributed by atoms with Crippen LogP contribution < -0.4 is 10.2 Å². The Kier molecular flexibility index (Phi) is 6.64. The molecule has 9 heteroatoms. The van der Waals surface area contributed by atoms with E-state index in [1.54, 1.807) is 0 Å². The maximum Gasteiger partial charge on any atom is 0.475 e. The van der Waals surface area contributed by atoms with Crippen molar-refractivity contribution >= 4 is 5.91 Å². The molecule has 1 aliphatic heterocycles. The molecule has 2 aromatic rings. The summed E-state index contributed by atoms with van der Waals surface area (Å²) in [6.45, 7) is -0.711. The van der Waals surface area contributed by atoms with E-state index in [1.165, 1.54) is 35.6 Å². The van der Waals surface area contributed by atoms with Gasteiger partial charge in [-0.15, -0.1) is 0 Å². The van der Waals surface area contributed by atoms with Crippen molar-refractivity contribution in [2.24, 2.45) is 5.92 Å². The van der Waals surface area contributed by atoms with E-state index < -0.39 is 28.8 Å². The lowest BCUT2D eigenvalue weighted by molar-refractivity contribution is -0.988. The predicted molar refractivity (Wildman–Crippen MR) is 102 cm³/mol. The predicted octanol–water partition coefficient (Wildman–Crippen LogP) is 3.77. The minimum absolute atomic E-state index is 0.0184. The zero-order chi connectivity index (χ0) is 22.7. The third-order valence-electron chi connectivity index (χ3n) is 5.79. The quantitative estimate of drug-likeness (QED) is 0.675. The number of carbonyl (C=O) groups is 1. The van der Waals surface area contributed by atoms with Crippen LogP contribution in [0.25, 0.3) is 0 Å². The zero-order valence-electron chi connectivity index (χ0n) is 16.6. The van der Waals surface area contributed by atoms with Crippen molar-refractivity contribution in [3.8, 4) is 0 Å². The summed E-state index contributed by atoms with van der Waals surface area (Å²) in [5.41, 5.74) is -3.64. The summed E-state index contributed by atoms with van der Waals surface area (Å²) in [6.07, 6.45) is -10.5. The lowest BCUT2D eigenvalue weighted by Crippen LogP contribution is -3.27. The van der Waals surface area contributed by atoms with E-state index in [0.717, 1.165) is 5.56 Å². The smallest absolute Gasteiger partial charge is 0.297 e. The van der Waals surface area contributed by atoms with Crippen molar-refractivity contribution in [1.29, 1.82) is 0 Å². The number of alkyl halides is 6. The van der Waals surface area contributed by atoms with Gasteiger partial charge in [-0.2, -0.15) is 26.3 Å². The summed E-state index contributed by atoms with van der Waals surface area (Å²) in [7, 11) is 0. The van der Waals surface area contributed by atoms with Crippen molar-refractivity contribution in [1.82, 2.24) is 5.32 Å². The number of rotatable bonds is 5. The number of piperidine rings is 1. The molecule has 1 amide bonds. The lowest BCUT2D eigenvalue weighted by Gasteiger charge is -2.44. The van der Waals surface area contributed by atoms with Gasteiger partial charge < -0.3 is 0 Å². The highest BCUT2D eigenvalue weighted by molar-refractivity contribution is 5.94. The van der Waals surface area contributed by atoms with Gasteiger partial charge in [0.2, 0.25) is 0 Å². The average Bonchev–Trinajstić information content (AvgIpc) is 2.72. The maximum atomic E-state index is 14.0. The van der Waals surface area contributed by atoms with Crippen molar-refractivity contribution in [3.05, 3.63) is 71.8 Å². The van der Waals surface area contributed by atoms with Crippen molar-refractivity contribution in [2.45, 2.75) is 37.3 Å². The van der Waals surface area contributed by atoms with E-state index in [1.807, 2.05) is 30.3 Å². The van der Waals surface area contributed by atoms with Gasteiger partial charge in [0.05, 0.1) is 13.1 Å². The second kappa shape index (κ2) is 8.90. The molecule has 1 saturated heterocycles. The number of carbonyl (C=O) groups excluding carboxylic acids is 1. The van der Waals surface area contributed by atoms with Crippen LogP contribution in [0.15, 0.2) is 60.7 Å². The summed E-state index contributed by atoms with van der Waals surface area (Å²) >= 11 is 0. The molecule has 0 unspecified atom stereocenters. The van der Waals surface area contributed by atoms with Crippen LogP contribution in [0.4, 0.5) is 26.3 Å². The molecular weight excluding hydrogens is 422 g/mol. The molecule has 1 heterocycles. The van der Waals surface area contributed by atoms with Gasteiger partial charge in [0, 0.05) is 5.56 Å². The Morgan fingerprint density at radius 2 is 1.32 bits per heavy atom. The van der Waals surface area contributed by atoms with Crippen LogP contribution in [0.1, 0.15) is 28.8 Å². The standard InChI is InChI=1S/C22H22F6N2O/c23-21(24,25)20(22(26,27)28,29-19(31)18-9-5-2-6-10-18)30-13-11-17(12-14-30)15-16-7-3-1-4-8-16/h1-10,17H,11-15H2,(H,29,31)/p+1. The van der Waals surface area contributed by atoms with Crippen LogP contribution in [0.5, 0.6) is 0 Å².